The Balaban J connectivity index is 2.14. The molecule has 1 unspecified atom stereocenters. The van der Waals surface area contributed by atoms with Crippen molar-refractivity contribution in [2.45, 2.75) is 24.8 Å². The van der Waals surface area contributed by atoms with Crippen LogP contribution in [0.4, 0.5) is 0 Å². The molecule has 0 saturated carbocycles. The van der Waals surface area contributed by atoms with Gasteiger partial charge in [-0.1, -0.05) is 30.3 Å². The number of hydrazine groups is 1. The fraction of sp³-hybridized carbons (Fsp3) is 0.250. The van der Waals surface area contributed by atoms with Crippen LogP contribution >= 0.6 is 27.7 Å². The highest BCUT2D eigenvalue weighted by Crippen LogP contribution is 2.31. The van der Waals surface area contributed by atoms with Gasteiger partial charge in [-0.3, -0.25) is 11.3 Å². The van der Waals surface area contributed by atoms with Gasteiger partial charge in [0, 0.05) is 15.1 Å². The summed E-state index contributed by atoms with van der Waals surface area (Å²) in [6.07, 6.45) is 0. The predicted molar refractivity (Wildman–Crippen MR) is 90.8 cm³/mol. The molecular weight excluding hydrogens is 332 g/mol. The average molecular weight is 351 g/mol. The molecule has 3 N–H and O–H groups in total. The van der Waals surface area contributed by atoms with Crippen LogP contribution in [0.5, 0.6) is 0 Å². The Bertz CT molecular complexity index is 586. The first-order valence-electron chi connectivity index (χ1n) is 6.53. The molecule has 0 saturated heterocycles. The molecule has 0 spiro atoms. The SMILES string of the molecule is Cc1cccc(C(CSc2ccccc2Br)NN)c1C. The Morgan fingerprint density at radius 1 is 1.15 bits per heavy atom. The van der Waals surface area contributed by atoms with Gasteiger partial charge in [0.25, 0.3) is 0 Å². The molecule has 0 aliphatic carbocycles. The lowest BCUT2D eigenvalue weighted by molar-refractivity contribution is 0.607. The summed E-state index contributed by atoms with van der Waals surface area (Å²) in [6.45, 7) is 4.28. The van der Waals surface area contributed by atoms with Crippen molar-refractivity contribution < 1.29 is 0 Å². The van der Waals surface area contributed by atoms with Crippen LogP contribution in [0.15, 0.2) is 51.8 Å². The van der Waals surface area contributed by atoms with Gasteiger partial charge in [-0.2, -0.15) is 0 Å². The fourth-order valence-corrected chi connectivity index (χ4v) is 3.74. The summed E-state index contributed by atoms with van der Waals surface area (Å²) in [6, 6.07) is 14.8. The summed E-state index contributed by atoms with van der Waals surface area (Å²) in [5, 5.41) is 0. The zero-order valence-corrected chi connectivity index (χ0v) is 14.1. The average Bonchev–Trinajstić information content (AvgIpc) is 2.45. The molecule has 0 aliphatic heterocycles. The minimum absolute atomic E-state index is 0.145. The monoisotopic (exact) mass is 350 g/mol. The van der Waals surface area contributed by atoms with Gasteiger partial charge in [0.2, 0.25) is 0 Å². The Morgan fingerprint density at radius 2 is 1.90 bits per heavy atom. The molecule has 2 nitrogen and oxygen atoms in total. The Labute approximate surface area is 133 Å². The van der Waals surface area contributed by atoms with Crippen LogP contribution in [0.1, 0.15) is 22.7 Å². The number of halogens is 1. The van der Waals surface area contributed by atoms with E-state index >= 15 is 0 Å². The third-order valence-corrected chi connectivity index (χ3v) is 5.59. The summed E-state index contributed by atoms with van der Waals surface area (Å²) in [4.78, 5) is 1.23. The molecule has 0 aliphatic rings. The largest absolute Gasteiger partial charge is 0.271 e. The lowest BCUT2D eigenvalue weighted by Crippen LogP contribution is -2.30. The Hall–Kier alpha value is -0.810. The number of hydrogen-bond donors (Lipinski definition) is 2. The van der Waals surface area contributed by atoms with Crippen molar-refractivity contribution in [3.05, 3.63) is 63.6 Å². The number of hydrogen-bond acceptors (Lipinski definition) is 3. The van der Waals surface area contributed by atoms with Gasteiger partial charge >= 0.3 is 0 Å². The van der Waals surface area contributed by atoms with E-state index in [0.29, 0.717) is 0 Å². The molecule has 20 heavy (non-hydrogen) atoms. The van der Waals surface area contributed by atoms with E-state index in [0.717, 1.165) is 10.2 Å². The minimum atomic E-state index is 0.145. The quantitative estimate of drug-likeness (QED) is 0.477. The van der Waals surface area contributed by atoms with Crippen molar-refractivity contribution in [3.8, 4) is 0 Å². The number of nitrogens with one attached hydrogen (secondary N) is 1. The lowest BCUT2D eigenvalue weighted by atomic mass is 9.99. The van der Waals surface area contributed by atoms with Crippen LogP contribution in [-0.2, 0) is 0 Å². The van der Waals surface area contributed by atoms with E-state index in [1.54, 1.807) is 11.8 Å². The molecule has 2 rings (SSSR count). The third-order valence-electron chi connectivity index (χ3n) is 3.47. The molecule has 0 heterocycles. The van der Waals surface area contributed by atoms with Gasteiger partial charge in [-0.05, 0) is 58.6 Å². The van der Waals surface area contributed by atoms with Crippen LogP contribution in [0.3, 0.4) is 0 Å². The first-order chi connectivity index (χ1) is 9.63. The van der Waals surface area contributed by atoms with Crippen LogP contribution in [0.25, 0.3) is 0 Å². The molecule has 0 radical (unpaired) electrons. The van der Waals surface area contributed by atoms with Crippen molar-refractivity contribution in [1.29, 1.82) is 0 Å². The van der Waals surface area contributed by atoms with Crippen molar-refractivity contribution in [2.75, 3.05) is 5.75 Å². The van der Waals surface area contributed by atoms with Gasteiger partial charge in [0.05, 0.1) is 6.04 Å². The molecule has 4 heteroatoms. The number of benzene rings is 2. The van der Waals surface area contributed by atoms with Gasteiger partial charge in [0.15, 0.2) is 0 Å². The lowest BCUT2D eigenvalue weighted by Gasteiger charge is -2.19. The summed E-state index contributed by atoms with van der Waals surface area (Å²) in [7, 11) is 0. The molecular formula is C16H19BrN2S. The van der Waals surface area contributed by atoms with E-state index in [1.807, 2.05) is 6.07 Å². The van der Waals surface area contributed by atoms with E-state index in [2.05, 4.69) is 71.6 Å². The maximum Gasteiger partial charge on any atom is 0.0556 e. The Kier molecular flexibility index (Phi) is 5.66. The predicted octanol–water partition coefficient (Wildman–Crippen LogP) is 4.36. The minimum Gasteiger partial charge on any atom is -0.271 e. The Morgan fingerprint density at radius 3 is 2.60 bits per heavy atom. The molecule has 2 aromatic rings. The van der Waals surface area contributed by atoms with Crippen LogP contribution < -0.4 is 11.3 Å². The molecule has 0 fully saturated rings. The van der Waals surface area contributed by atoms with E-state index in [9.17, 15) is 0 Å². The molecule has 106 valence electrons. The molecule has 2 aromatic carbocycles. The summed E-state index contributed by atoms with van der Waals surface area (Å²) in [5.41, 5.74) is 6.82. The zero-order chi connectivity index (χ0) is 14.5. The molecule has 1 atom stereocenters. The molecule has 0 aromatic heterocycles. The second kappa shape index (κ2) is 7.27. The van der Waals surface area contributed by atoms with E-state index in [4.69, 9.17) is 5.84 Å². The smallest absolute Gasteiger partial charge is 0.0556 e. The standard InChI is InChI=1S/C16H19BrN2S/c1-11-6-5-7-13(12(11)2)15(19-18)10-20-16-9-4-3-8-14(16)17/h3-9,15,19H,10,18H2,1-2H3. The number of rotatable bonds is 5. The van der Waals surface area contributed by atoms with Crippen LogP contribution in [0.2, 0.25) is 0 Å². The highest BCUT2D eigenvalue weighted by atomic mass is 79.9. The van der Waals surface area contributed by atoms with Crippen molar-refractivity contribution in [1.82, 2.24) is 5.43 Å². The van der Waals surface area contributed by atoms with Crippen LogP contribution in [0, 0.1) is 13.8 Å². The highest BCUT2D eigenvalue weighted by molar-refractivity contribution is 9.10. The number of thioether (sulfide) groups is 1. The summed E-state index contributed by atoms with van der Waals surface area (Å²) in [5.74, 6) is 6.64. The zero-order valence-electron chi connectivity index (χ0n) is 11.7. The van der Waals surface area contributed by atoms with E-state index in [1.165, 1.54) is 21.6 Å². The van der Waals surface area contributed by atoms with Gasteiger partial charge in [-0.25, -0.2) is 0 Å². The second-order valence-electron chi connectivity index (χ2n) is 4.75. The maximum absolute atomic E-state index is 5.75. The topological polar surface area (TPSA) is 38.0 Å². The maximum atomic E-state index is 5.75. The highest BCUT2D eigenvalue weighted by Gasteiger charge is 2.14. The van der Waals surface area contributed by atoms with Crippen molar-refractivity contribution in [3.63, 3.8) is 0 Å². The number of nitrogens with two attached hydrogens (primary N) is 1. The second-order valence-corrected chi connectivity index (χ2v) is 6.67. The van der Waals surface area contributed by atoms with E-state index in [-0.39, 0.29) is 6.04 Å². The molecule has 0 amide bonds. The van der Waals surface area contributed by atoms with Crippen molar-refractivity contribution >= 4 is 27.7 Å². The normalized spacial score (nSPS) is 12.4. The summed E-state index contributed by atoms with van der Waals surface area (Å²) >= 11 is 5.38. The fourth-order valence-electron chi connectivity index (χ4n) is 2.11. The van der Waals surface area contributed by atoms with E-state index < -0.39 is 0 Å². The van der Waals surface area contributed by atoms with Crippen LogP contribution in [-0.4, -0.2) is 5.75 Å². The summed E-state index contributed by atoms with van der Waals surface area (Å²) < 4.78 is 1.13. The van der Waals surface area contributed by atoms with Gasteiger partial charge in [-0.15, -0.1) is 11.8 Å². The third kappa shape index (κ3) is 3.64. The molecule has 0 bridgehead atoms. The first kappa shape index (κ1) is 15.6. The first-order valence-corrected chi connectivity index (χ1v) is 8.31. The van der Waals surface area contributed by atoms with Gasteiger partial charge < -0.3 is 0 Å². The number of aryl methyl sites for hydroxylation is 1. The van der Waals surface area contributed by atoms with Gasteiger partial charge in [0.1, 0.15) is 0 Å². The van der Waals surface area contributed by atoms with Crippen molar-refractivity contribution in [2.24, 2.45) is 5.84 Å².